The largest absolute Gasteiger partial charge is 0.353 e. The smallest absolute Gasteiger partial charge is 0.269 e. The molecule has 0 N–H and O–H groups in total. The Labute approximate surface area is 209 Å². The van der Waals surface area contributed by atoms with Crippen LogP contribution in [-0.4, -0.2) is 51.9 Å². The molecule has 4 rings (SSSR count). The zero-order chi connectivity index (χ0) is 25.8. The van der Waals surface area contributed by atoms with Gasteiger partial charge in [0.15, 0.2) is 0 Å². The number of piperazine rings is 1. The van der Waals surface area contributed by atoms with Crippen molar-refractivity contribution in [2.24, 2.45) is 5.92 Å². The lowest BCUT2D eigenvalue weighted by atomic mass is 10.0. The average Bonchev–Trinajstić information content (AvgIpc) is 2.85. The molecule has 8 nitrogen and oxygen atoms in total. The molecule has 0 spiro atoms. The highest BCUT2D eigenvalue weighted by Crippen LogP contribution is 2.27. The molecule has 0 radical (unpaired) electrons. The van der Waals surface area contributed by atoms with Crippen molar-refractivity contribution in [2.45, 2.75) is 33.6 Å². The fourth-order valence-corrected chi connectivity index (χ4v) is 4.40. The zero-order valence-electron chi connectivity index (χ0n) is 20.8. The molecule has 1 aromatic heterocycles. The molecule has 0 aliphatic carbocycles. The third kappa shape index (κ3) is 5.84. The number of halogens is 1. The zero-order valence-corrected chi connectivity index (χ0v) is 20.8. The molecule has 1 saturated heterocycles. The van der Waals surface area contributed by atoms with Crippen molar-refractivity contribution in [3.63, 3.8) is 0 Å². The first kappa shape index (κ1) is 25.2. The van der Waals surface area contributed by atoms with E-state index in [1.165, 1.54) is 36.4 Å². The fraction of sp³-hybridized carbons (Fsp3) is 0.370. The van der Waals surface area contributed by atoms with Gasteiger partial charge in [-0.05, 0) is 42.7 Å². The summed E-state index contributed by atoms with van der Waals surface area (Å²) in [6.07, 6.45) is 1.31. The van der Waals surface area contributed by atoms with Gasteiger partial charge in [-0.25, -0.2) is 14.4 Å². The van der Waals surface area contributed by atoms with E-state index in [0.29, 0.717) is 44.1 Å². The van der Waals surface area contributed by atoms with Crippen LogP contribution in [-0.2, 0) is 12.8 Å². The van der Waals surface area contributed by atoms with Gasteiger partial charge in [0.1, 0.15) is 17.5 Å². The maximum Gasteiger partial charge on any atom is 0.269 e. The van der Waals surface area contributed by atoms with Gasteiger partial charge in [-0.1, -0.05) is 26.0 Å². The maximum absolute atomic E-state index is 13.3. The average molecular weight is 492 g/mol. The monoisotopic (exact) mass is 491 g/mol. The number of nitro groups is 1. The third-order valence-corrected chi connectivity index (χ3v) is 6.31. The van der Waals surface area contributed by atoms with Gasteiger partial charge in [-0.2, -0.15) is 0 Å². The lowest BCUT2D eigenvalue weighted by Crippen LogP contribution is -2.49. The molecule has 1 aliphatic rings. The number of nitro benzene ring substituents is 1. The minimum atomic E-state index is -0.406. The van der Waals surface area contributed by atoms with E-state index >= 15 is 0 Å². The van der Waals surface area contributed by atoms with Gasteiger partial charge in [-0.3, -0.25) is 14.9 Å². The maximum atomic E-state index is 13.3. The van der Waals surface area contributed by atoms with Crippen LogP contribution in [0.4, 0.5) is 15.9 Å². The number of carbonyl (C=O) groups is 1. The molecule has 1 amide bonds. The first-order chi connectivity index (χ1) is 17.2. The van der Waals surface area contributed by atoms with Crippen LogP contribution in [0.5, 0.6) is 0 Å². The van der Waals surface area contributed by atoms with Crippen molar-refractivity contribution in [2.75, 3.05) is 31.1 Å². The lowest BCUT2D eigenvalue weighted by molar-refractivity contribution is -0.384. The van der Waals surface area contributed by atoms with Crippen LogP contribution in [0, 0.1) is 28.8 Å². The van der Waals surface area contributed by atoms with Gasteiger partial charge in [0, 0.05) is 68.0 Å². The van der Waals surface area contributed by atoms with E-state index in [9.17, 15) is 19.3 Å². The highest BCUT2D eigenvalue weighted by atomic mass is 19.1. The van der Waals surface area contributed by atoms with E-state index in [4.69, 9.17) is 9.97 Å². The van der Waals surface area contributed by atoms with Crippen LogP contribution in [0.2, 0.25) is 0 Å². The molecule has 1 fully saturated rings. The Balaban J connectivity index is 1.57. The summed E-state index contributed by atoms with van der Waals surface area (Å²) in [5.74, 6) is 1.57. The molecule has 2 heterocycles. The summed E-state index contributed by atoms with van der Waals surface area (Å²) in [4.78, 5) is 37.2. The SMILES string of the molecule is Cc1nc(CC(C)C)nc(N2CCN(C(=O)c3ccc(F)cc3)CC2)c1Cc1ccc([N+](=O)[O-])cc1. The Hall–Kier alpha value is -3.88. The second-order valence-corrected chi connectivity index (χ2v) is 9.51. The first-order valence-corrected chi connectivity index (χ1v) is 12.1. The minimum absolute atomic E-state index is 0.0566. The highest BCUT2D eigenvalue weighted by Gasteiger charge is 2.26. The van der Waals surface area contributed by atoms with Crippen LogP contribution >= 0.6 is 0 Å². The van der Waals surface area contributed by atoms with Gasteiger partial charge in [0.25, 0.3) is 11.6 Å². The summed E-state index contributed by atoms with van der Waals surface area (Å²) in [7, 11) is 0. The van der Waals surface area contributed by atoms with E-state index in [1.807, 2.05) is 6.92 Å². The number of carbonyl (C=O) groups excluding carboxylic acids is 1. The molecular formula is C27H30FN5O3. The molecule has 0 bridgehead atoms. The summed E-state index contributed by atoms with van der Waals surface area (Å²) >= 11 is 0. The summed E-state index contributed by atoms with van der Waals surface area (Å²) in [5.41, 5.74) is 3.34. The van der Waals surface area contributed by atoms with E-state index in [0.717, 1.165) is 34.9 Å². The minimum Gasteiger partial charge on any atom is -0.353 e. The molecule has 188 valence electrons. The quantitative estimate of drug-likeness (QED) is 0.355. The Morgan fingerprint density at radius 3 is 2.25 bits per heavy atom. The Bertz CT molecular complexity index is 1240. The first-order valence-electron chi connectivity index (χ1n) is 12.1. The van der Waals surface area contributed by atoms with E-state index in [-0.39, 0.29) is 17.4 Å². The normalized spacial score (nSPS) is 13.8. The predicted octanol–water partition coefficient (Wildman–Crippen LogP) is 4.58. The van der Waals surface area contributed by atoms with Gasteiger partial charge in [0.05, 0.1) is 4.92 Å². The van der Waals surface area contributed by atoms with Crippen LogP contribution in [0.1, 0.15) is 46.9 Å². The third-order valence-electron chi connectivity index (χ3n) is 6.31. The van der Waals surface area contributed by atoms with Crippen LogP contribution in [0.3, 0.4) is 0 Å². The number of benzene rings is 2. The molecule has 0 unspecified atom stereocenters. The summed E-state index contributed by atoms with van der Waals surface area (Å²) < 4.78 is 13.3. The van der Waals surface area contributed by atoms with E-state index < -0.39 is 4.92 Å². The number of non-ortho nitro benzene ring substituents is 1. The number of hydrogen-bond acceptors (Lipinski definition) is 6. The van der Waals surface area contributed by atoms with Crippen molar-refractivity contribution in [3.8, 4) is 0 Å². The summed E-state index contributed by atoms with van der Waals surface area (Å²) in [6, 6.07) is 12.2. The molecular weight excluding hydrogens is 461 g/mol. The van der Waals surface area contributed by atoms with Crippen LogP contribution in [0.25, 0.3) is 0 Å². The highest BCUT2D eigenvalue weighted by molar-refractivity contribution is 5.94. The summed E-state index contributed by atoms with van der Waals surface area (Å²) in [5, 5.41) is 11.0. The van der Waals surface area contributed by atoms with Crippen LogP contribution in [0.15, 0.2) is 48.5 Å². The summed E-state index contributed by atoms with van der Waals surface area (Å²) in [6.45, 7) is 8.50. The molecule has 0 atom stereocenters. The van der Waals surface area contributed by atoms with Crippen molar-refractivity contribution < 1.29 is 14.1 Å². The molecule has 2 aromatic carbocycles. The van der Waals surface area contributed by atoms with E-state index in [2.05, 4.69) is 18.7 Å². The standard InChI is InChI=1S/C27H30FN5O3/c1-18(2)16-25-29-19(3)24(17-20-4-10-23(11-5-20)33(35)36)26(30-25)31-12-14-32(15-13-31)27(34)21-6-8-22(28)9-7-21/h4-11,18H,12-17H2,1-3H3. The van der Waals surface area contributed by atoms with Gasteiger partial charge in [-0.15, -0.1) is 0 Å². The number of anilines is 1. The number of rotatable bonds is 7. The Morgan fingerprint density at radius 2 is 1.67 bits per heavy atom. The molecule has 1 aliphatic heterocycles. The number of aromatic nitrogens is 2. The number of amides is 1. The Morgan fingerprint density at radius 1 is 1.03 bits per heavy atom. The fourth-order valence-electron chi connectivity index (χ4n) is 4.40. The van der Waals surface area contributed by atoms with Gasteiger partial charge < -0.3 is 9.80 Å². The predicted molar refractivity (Wildman–Crippen MR) is 136 cm³/mol. The lowest BCUT2D eigenvalue weighted by Gasteiger charge is -2.36. The molecule has 0 saturated carbocycles. The molecule has 36 heavy (non-hydrogen) atoms. The van der Waals surface area contributed by atoms with Crippen molar-refractivity contribution in [1.29, 1.82) is 0 Å². The number of aryl methyl sites for hydroxylation is 1. The molecule has 9 heteroatoms. The van der Waals surface area contributed by atoms with Crippen LogP contribution < -0.4 is 4.90 Å². The number of hydrogen-bond donors (Lipinski definition) is 0. The van der Waals surface area contributed by atoms with E-state index in [1.54, 1.807) is 17.0 Å². The second kappa shape index (κ2) is 10.8. The Kier molecular flexibility index (Phi) is 7.57. The van der Waals surface area contributed by atoms with Crippen molar-refractivity contribution in [1.82, 2.24) is 14.9 Å². The topological polar surface area (TPSA) is 92.5 Å². The van der Waals surface area contributed by atoms with Crippen molar-refractivity contribution >= 4 is 17.4 Å². The second-order valence-electron chi connectivity index (χ2n) is 9.51. The number of nitrogens with zero attached hydrogens (tertiary/aromatic N) is 5. The molecule has 3 aromatic rings. The van der Waals surface area contributed by atoms with Gasteiger partial charge >= 0.3 is 0 Å². The van der Waals surface area contributed by atoms with Gasteiger partial charge in [0.2, 0.25) is 0 Å². The van der Waals surface area contributed by atoms with Crippen molar-refractivity contribution in [3.05, 3.63) is 92.7 Å².